The van der Waals surface area contributed by atoms with Crippen LogP contribution in [0.3, 0.4) is 0 Å². The number of ketones is 1. The number of amides is 2. The van der Waals surface area contributed by atoms with Crippen LogP contribution in [0.2, 0.25) is 0 Å². The summed E-state index contributed by atoms with van der Waals surface area (Å²) in [5.74, 6) is -4.41. The van der Waals surface area contributed by atoms with Gasteiger partial charge in [-0.1, -0.05) is 42.5 Å². The van der Waals surface area contributed by atoms with Gasteiger partial charge in [-0.2, -0.15) is 13.2 Å². The van der Waals surface area contributed by atoms with Crippen molar-refractivity contribution < 1.29 is 46.2 Å². The molecule has 43 heavy (non-hydrogen) atoms. The fourth-order valence-corrected chi connectivity index (χ4v) is 5.00. The molecule has 3 aromatic rings. The second-order valence-corrected chi connectivity index (χ2v) is 9.60. The summed E-state index contributed by atoms with van der Waals surface area (Å²) in [6.07, 6.45) is -5.41. The molecule has 1 atom stereocenters. The van der Waals surface area contributed by atoms with Crippen molar-refractivity contribution in [3.8, 4) is 17.2 Å². The minimum atomic E-state index is -5.45. The molecule has 4 rings (SSSR count). The number of ether oxygens (including phenoxy) is 3. The highest BCUT2D eigenvalue weighted by Gasteiger charge is 2.70. The first-order valence-corrected chi connectivity index (χ1v) is 13.0. The van der Waals surface area contributed by atoms with Gasteiger partial charge in [0, 0.05) is 23.4 Å². The largest absolute Gasteiger partial charge is 0.493 e. The monoisotopic (exact) mass is 600 g/mol. The number of nitrogens with one attached hydrogen (secondary N) is 1. The molecule has 0 aliphatic carbocycles. The van der Waals surface area contributed by atoms with Gasteiger partial charge in [0.15, 0.2) is 17.3 Å². The average molecular weight is 601 g/mol. The van der Waals surface area contributed by atoms with Crippen molar-refractivity contribution in [2.75, 3.05) is 27.9 Å². The van der Waals surface area contributed by atoms with Crippen molar-refractivity contribution in [1.29, 1.82) is 0 Å². The molecule has 1 heterocycles. The Kier molecular flexibility index (Phi) is 8.79. The van der Waals surface area contributed by atoms with Crippen LogP contribution in [0.4, 0.5) is 17.6 Å². The number of hydrogen-bond donors (Lipinski definition) is 1. The lowest BCUT2D eigenvalue weighted by atomic mass is 9.84. The molecule has 1 aliphatic heterocycles. The zero-order chi connectivity index (χ0) is 31.5. The molecule has 0 radical (unpaired) electrons. The Labute approximate surface area is 244 Å². The number of benzene rings is 3. The smallest absolute Gasteiger partial charge is 0.425 e. The van der Waals surface area contributed by atoms with Crippen molar-refractivity contribution in [1.82, 2.24) is 10.2 Å². The minimum absolute atomic E-state index is 0.0148. The molecule has 0 aromatic heterocycles. The summed E-state index contributed by atoms with van der Waals surface area (Å²) in [6.45, 7) is 0.942. The van der Waals surface area contributed by atoms with Crippen molar-refractivity contribution in [2.24, 2.45) is 0 Å². The van der Waals surface area contributed by atoms with Gasteiger partial charge in [0.1, 0.15) is 5.82 Å². The Morgan fingerprint density at radius 2 is 1.47 bits per heavy atom. The minimum Gasteiger partial charge on any atom is -0.493 e. The fraction of sp³-hybridized carbons (Fsp3) is 0.258. The topological polar surface area (TPSA) is 94.2 Å². The maximum atomic E-state index is 15.3. The number of nitrogens with zero attached hydrogens (tertiary/aromatic N) is 1. The normalized spacial score (nSPS) is 16.7. The second-order valence-electron chi connectivity index (χ2n) is 9.60. The molecule has 0 saturated carbocycles. The average Bonchev–Trinajstić information content (AvgIpc) is 3.21. The van der Waals surface area contributed by atoms with Gasteiger partial charge in [0.2, 0.25) is 11.3 Å². The number of allylic oxidation sites excluding steroid dienone is 1. The lowest BCUT2D eigenvalue weighted by molar-refractivity contribution is -0.189. The third kappa shape index (κ3) is 5.64. The van der Waals surface area contributed by atoms with Gasteiger partial charge >= 0.3 is 6.18 Å². The molecular weight excluding hydrogens is 572 g/mol. The first kappa shape index (κ1) is 31.1. The highest BCUT2D eigenvalue weighted by atomic mass is 19.4. The maximum absolute atomic E-state index is 15.3. The standard InChI is InChI=1S/C31H28F4N2O6/c1-18-25(26(38)20-8-6-5-7-9-20)30(31(33,34)35,29(40)37(18)15-14-19-10-12-22(32)13-11-19)36-28(39)21-16-23(41-2)27(43-4)24(17-21)42-3/h5-13,16-17H,14-15H2,1-4H3,(H,36,39)/t30-/m0/s1. The Morgan fingerprint density at radius 3 is 1.98 bits per heavy atom. The van der Waals surface area contributed by atoms with Crippen LogP contribution in [-0.4, -0.2) is 62.1 Å². The van der Waals surface area contributed by atoms with Crippen molar-refractivity contribution in [3.63, 3.8) is 0 Å². The molecule has 8 nitrogen and oxygen atoms in total. The zero-order valence-electron chi connectivity index (χ0n) is 23.7. The van der Waals surface area contributed by atoms with Gasteiger partial charge in [-0.25, -0.2) is 4.39 Å². The van der Waals surface area contributed by atoms with Crippen molar-refractivity contribution in [2.45, 2.75) is 25.1 Å². The van der Waals surface area contributed by atoms with E-state index in [4.69, 9.17) is 14.2 Å². The number of carbonyl (C=O) groups excluding carboxylic acids is 3. The van der Waals surface area contributed by atoms with E-state index in [0.29, 0.717) is 5.56 Å². The van der Waals surface area contributed by atoms with Crippen LogP contribution in [0, 0.1) is 5.82 Å². The first-order chi connectivity index (χ1) is 20.4. The van der Waals surface area contributed by atoms with Crippen LogP contribution in [-0.2, 0) is 11.2 Å². The first-order valence-electron chi connectivity index (χ1n) is 13.0. The van der Waals surface area contributed by atoms with Crippen LogP contribution in [0.1, 0.15) is 33.2 Å². The Balaban J connectivity index is 1.85. The van der Waals surface area contributed by atoms with Gasteiger partial charge in [-0.05, 0) is 43.2 Å². The highest BCUT2D eigenvalue weighted by Crippen LogP contribution is 2.46. The molecule has 1 aliphatic rings. The van der Waals surface area contributed by atoms with Crippen LogP contribution in [0.15, 0.2) is 78.0 Å². The lowest BCUT2D eigenvalue weighted by Gasteiger charge is -2.33. The van der Waals surface area contributed by atoms with E-state index in [2.05, 4.69) is 0 Å². The summed E-state index contributed by atoms with van der Waals surface area (Å²) in [7, 11) is 3.84. The molecule has 12 heteroatoms. The SMILES string of the molecule is COc1cc(C(=O)N[C@]2(C(F)(F)F)C(=O)N(CCc3ccc(F)cc3)C(C)=C2C(=O)c2ccccc2)cc(OC)c1OC. The van der Waals surface area contributed by atoms with Crippen LogP contribution in [0.5, 0.6) is 17.2 Å². The molecule has 0 unspecified atom stereocenters. The quantitative estimate of drug-likeness (QED) is 0.257. The number of carbonyl (C=O) groups is 3. The number of hydrogen-bond acceptors (Lipinski definition) is 6. The summed E-state index contributed by atoms with van der Waals surface area (Å²) in [4.78, 5) is 42.0. The molecular formula is C31H28F4N2O6. The molecule has 0 bridgehead atoms. The van der Waals surface area contributed by atoms with E-state index in [0.717, 1.165) is 17.0 Å². The van der Waals surface area contributed by atoms with Gasteiger partial charge in [-0.3, -0.25) is 14.4 Å². The van der Waals surface area contributed by atoms with Crippen molar-refractivity contribution in [3.05, 3.63) is 101 Å². The van der Waals surface area contributed by atoms with Gasteiger partial charge in [0.05, 0.1) is 26.9 Å². The highest BCUT2D eigenvalue weighted by molar-refractivity contribution is 6.19. The van der Waals surface area contributed by atoms with E-state index in [9.17, 15) is 18.8 Å². The van der Waals surface area contributed by atoms with Gasteiger partial charge < -0.3 is 24.4 Å². The van der Waals surface area contributed by atoms with E-state index < -0.39 is 40.7 Å². The number of methoxy groups -OCH3 is 3. The van der Waals surface area contributed by atoms with Crippen LogP contribution in [0.25, 0.3) is 0 Å². The van der Waals surface area contributed by atoms with Crippen molar-refractivity contribution >= 4 is 17.6 Å². The maximum Gasteiger partial charge on any atom is 0.425 e. The van der Waals surface area contributed by atoms with Crippen LogP contribution >= 0.6 is 0 Å². The van der Waals surface area contributed by atoms with Crippen LogP contribution < -0.4 is 19.5 Å². The molecule has 226 valence electrons. The van der Waals surface area contributed by atoms with E-state index in [1.165, 1.54) is 76.8 Å². The summed E-state index contributed by atoms with van der Waals surface area (Å²) >= 11 is 0. The molecule has 0 saturated heterocycles. The zero-order valence-corrected chi connectivity index (χ0v) is 23.7. The molecule has 1 N–H and O–H groups in total. The van der Waals surface area contributed by atoms with E-state index in [-0.39, 0.29) is 47.0 Å². The van der Waals surface area contributed by atoms with Gasteiger partial charge in [-0.15, -0.1) is 0 Å². The Bertz CT molecular complexity index is 1550. The summed E-state index contributed by atoms with van der Waals surface area (Å²) in [5, 5.41) is 1.87. The third-order valence-corrected chi connectivity index (χ3v) is 7.16. The predicted octanol–water partition coefficient (Wildman–Crippen LogP) is 5.12. The number of alkyl halides is 3. The number of halogens is 4. The summed E-state index contributed by atoms with van der Waals surface area (Å²) in [6, 6.07) is 14.7. The fourth-order valence-electron chi connectivity index (χ4n) is 5.00. The summed E-state index contributed by atoms with van der Waals surface area (Å²) < 4.78 is 74.9. The van der Waals surface area contributed by atoms with E-state index >= 15 is 13.2 Å². The Morgan fingerprint density at radius 1 is 0.884 bits per heavy atom. The summed E-state index contributed by atoms with van der Waals surface area (Å²) in [5.41, 5.74) is -4.85. The molecule has 2 amide bonds. The number of rotatable bonds is 10. The van der Waals surface area contributed by atoms with E-state index in [1.54, 1.807) is 6.07 Å². The molecule has 0 fully saturated rings. The Hall–Kier alpha value is -4.87. The predicted molar refractivity (Wildman–Crippen MR) is 148 cm³/mol. The second kappa shape index (κ2) is 12.2. The molecule has 0 spiro atoms. The molecule has 3 aromatic carbocycles. The van der Waals surface area contributed by atoms with E-state index in [1.807, 2.05) is 5.32 Å². The third-order valence-electron chi connectivity index (χ3n) is 7.16. The number of Topliss-reactive ketones (excluding diaryl/α,β-unsaturated/α-hetero) is 1. The lowest BCUT2D eigenvalue weighted by Crippen LogP contribution is -2.66. The van der Waals surface area contributed by atoms with Gasteiger partial charge in [0.25, 0.3) is 11.8 Å².